The summed E-state index contributed by atoms with van der Waals surface area (Å²) in [6, 6.07) is 9.85. The molecule has 1 heterocycles. The van der Waals surface area contributed by atoms with Crippen molar-refractivity contribution in [3.05, 3.63) is 70.2 Å². The smallest absolute Gasteiger partial charge is 0.230 e. The number of rotatable bonds is 5. The summed E-state index contributed by atoms with van der Waals surface area (Å²) in [5.74, 6) is -1.15. The molecule has 0 fully saturated rings. The first-order valence-electron chi connectivity index (χ1n) is 7.21. The quantitative estimate of drug-likeness (QED) is 0.656. The average molecular weight is 380 g/mol. The second-order valence-electron chi connectivity index (χ2n) is 5.13. The summed E-state index contributed by atoms with van der Waals surface area (Å²) in [5.41, 5.74) is 1.70. The number of amides is 1. The highest BCUT2D eigenvalue weighted by Crippen LogP contribution is 2.22. The van der Waals surface area contributed by atoms with Crippen LogP contribution in [0.5, 0.6) is 0 Å². The molecule has 0 saturated heterocycles. The van der Waals surface area contributed by atoms with Crippen molar-refractivity contribution in [2.75, 3.05) is 10.6 Å². The molecule has 0 bridgehead atoms. The zero-order chi connectivity index (χ0) is 17.8. The van der Waals surface area contributed by atoms with Crippen LogP contribution in [0.1, 0.15) is 5.69 Å². The Hall–Kier alpha value is -2.51. The molecular formula is C17H12ClF2N3OS. The Morgan fingerprint density at radius 1 is 1.12 bits per heavy atom. The van der Waals surface area contributed by atoms with Gasteiger partial charge in [0, 0.05) is 16.8 Å². The topological polar surface area (TPSA) is 54.0 Å². The molecule has 0 unspecified atom stereocenters. The fourth-order valence-corrected chi connectivity index (χ4v) is 2.96. The van der Waals surface area contributed by atoms with Gasteiger partial charge in [-0.2, -0.15) is 0 Å². The normalized spacial score (nSPS) is 10.5. The molecule has 0 saturated carbocycles. The van der Waals surface area contributed by atoms with Crippen LogP contribution in [0.25, 0.3) is 0 Å². The number of carbonyl (C=O) groups excluding carboxylic acids is 1. The van der Waals surface area contributed by atoms with Crippen LogP contribution in [0.3, 0.4) is 0 Å². The van der Waals surface area contributed by atoms with Crippen LogP contribution in [0.4, 0.5) is 25.3 Å². The van der Waals surface area contributed by atoms with E-state index in [-0.39, 0.29) is 23.2 Å². The molecule has 3 aromatic rings. The number of thiazole rings is 1. The van der Waals surface area contributed by atoms with Crippen LogP contribution in [0, 0.1) is 11.6 Å². The van der Waals surface area contributed by atoms with Crippen LogP contribution in [-0.2, 0) is 11.2 Å². The monoisotopic (exact) mass is 379 g/mol. The van der Waals surface area contributed by atoms with Crippen molar-refractivity contribution in [1.82, 2.24) is 4.98 Å². The summed E-state index contributed by atoms with van der Waals surface area (Å²) < 4.78 is 26.0. The minimum atomic E-state index is -0.546. The largest absolute Gasteiger partial charge is 0.332 e. The number of halogens is 3. The Morgan fingerprint density at radius 2 is 1.84 bits per heavy atom. The van der Waals surface area contributed by atoms with E-state index in [1.807, 2.05) is 0 Å². The maximum Gasteiger partial charge on any atom is 0.230 e. The molecule has 2 aromatic carbocycles. The van der Waals surface area contributed by atoms with Crippen molar-refractivity contribution in [3.63, 3.8) is 0 Å². The zero-order valence-corrected chi connectivity index (χ0v) is 14.3. The summed E-state index contributed by atoms with van der Waals surface area (Å²) in [6.07, 6.45) is 0.0661. The number of nitrogens with one attached hydrogen (secondary N) is 2. The van der Waals surface area contributed by atoms with E-state index < -0.39 is 5.82 Å². The summed E-state index contributed by atoms with van der Waals surface area (Å²) >= 11 is 7.01. The summed E-state index contributed by atoms with van der Waals surface area (Å²) in [6.45, 7) is 0. The van der Waals surface area contributed by atoms with E-state index in [1.54, 1.807) is 17.5 Å². The third-order valence-corrected chi connectivity index (χ3v) is 4.29. The molecule has 25 heavy (non-hydrogen) atoms. The Bertz CT molecular complexity index is 899. The van der Waals surface area contributed by atoms with E-state index in [2.05, 4.69) is 15.6 Å². The molecular weight excluding hydrogens is 368 g/mol. The van der Waals surface area contributed by atoms with E-state index in [0.717, 1.165) is 0 Å². The van der Waals surface area contributed by atoms with Crippen molar-refractivity contribution in [2.24, 2.45) is 0 Å². The van der Waals surface area contributed by atoms with Gasteiger partial charge in [-0.3, -0.25) is 4.79 Å². The molecule has 3 rings (SSSR count). The highest BCUT2D eigenvalue weighted by Gasteiger charge is 2.10. The number of aromatic nitrogens is 1. The van der Waals surface area contributed by atoms with Gasteiger partial charge >= 0.3 is 0 Å². The molecule has 0 aliphatic heterocycles. The van der Waals surface area contributed by atoms with Gasteiger partial charge in [-0.25, -0.2) is 13.8 Å². The Kier molecular flexibility index (Phi) is 5.25. The maximum atomic E-state index is 13.1. The van der Waals surface area contributed by atoms with Gasteiger partial charge in [0.15, 0.2) is 5.13 Å². The molecule has 4 nitrogen and oxygen atoms in total. The highest BCUT2D eigenvalue weighted by molar-refractivity contribution is 7.13. The molecule has 1 amide bonds. The van der Waals surface area contributed by atoms with Crippen LogP contribution in [0.2, 0.25) is 5.02 Å². The third kappa shape index (κ3) is 4.74. The van der Waals surface area contributed by atoms with Gasteiger partial charge < -0.3 is 10.6 Å². The van der Waals surface area contributed by atoms with Crippen LogP contribution >= 0.6 is 22.9 Å². The Morgan fingerprint density at radius 3 is 2.56 bits per heavy atom. The first kappa shape index (κ1) is 17.3. The number of carbonyl (C=O) groups is 1. The van der Waals surface area contributed by atoms with Gasteiger partial charge in [0.25, 0.3) is 0 Å². The van der Waals surface area contributed by atoms with Crippen molar-refractivity contribution in [1.29, 1.82) is 0 Å². The summed E-state index contributed by atoms with van der Waals surface area (Å²) in [7, 11) is 0. The third-order valence-electron chi connectivity index (χ3n) is 3.19. The van der Waals surface area contributed by atoms with Crippen LogP contribution < -0.4 is 10.6 Å². The van der Waals surface area contributed by atoms with E-state index in [4.69, 9.17) is 11.6 Å². The second kappa shape index (κ2) is 7.58. The van der Waals surface area contributed by atoms with E-state index in [1.165, 1.54) is 41.7 Å². The number of anilines is 3. The van der Waals surface area contributed by atoms with E-state index in [0.29, 0.717) is 22.2 Å². The average Bonchev–Trinajstić information content (AvgIpc) is 3.00. The lowest BCUT2D eigenvalue weighted by molar-refractivity contribution is -0.115. The standard InChI is InChI=1S/C17H12ClF2N3OS/c18-14-7-12(5-6-15(14)20)21-16(24)8-13-9-25-17(23-13)22-11-3-1-10(19)2-4-11/h1-7,9H,8H2,(H,21,24)(H,22,23). The minimum absolute atomic E-state index is 0.0581. The van der Waals surface area contributed by atoms with Gasteiger partial charge in [-0.1, -0.05) is 11.6 Å². The molecule has 1 aromatic heterocycles. The number of benzene rings is 2. The van der Waals surface area contributed by atoms with Crippen LogP contribution in [-0.4, -0.2) is 10.9 Å². The second-order valence-corrected chi connectivity index (χ2v) is 6.40. The van der Waals surface area contributed by atoms with Crippen LogP contribution in [0.15, 0.2) is 47.8 Å². The predicted octanol–water partition coefficient (Wildman–Crippen LogP) is 5.00. The molecule has 0 radical (unpaired) electrons. The van der Waals surface area contributed by atoms with E-state index in [9.17, 15) is 13.6 Å². The molecule has 8 heteroatoms. The molecule has 0 spiro atoms. The lowest BCUT2D eigenvalue weighted by atomic mass is 10.2. The first-order valence-corrected chi connectivity index (χ1v) is 8.47. The summed E-state index contributed by atoms with van der Waals surface area (Å²) in [5, 5.41) is 7.97. The molecule has 0 atom stereocenters. The first-order chi connectivity index (χ1) is 12.0. The van der Waals surface area contributed by atoms with Gasteiger partial charge in [-0.05, 0) is 42.5 Å². The van der Waals surface area contributed by atoms with Crippen molar-refractivity contribution in [3.8, 4) is 0 Å². The fourth-order valence-electron chi connectivity index (χ4n) is 2.05. The fraction of sp³-hybridized carbons (Fsp3) is 0.0588. The Balaban J connectivity index is 1.59. The minimum Gasteiger partial charge on any atom is -0.332 e. The number of nitrogens with zero attached hydrogens (tertiary/aromatic N) is 1. The zero-order valence-electron chi connectivity index (χ0n) is 12.7. The van der Waals surface area contributed by atoms with Gasteiger partial charge in [-0.15, -0.1) is 11.3 Å². The van der Waals surface area contributed by atoms with Crippen molar-refractivity contribution >= 4 is 45.4 Å². The molecule has 0 aliphatic rings. The predicted molar refractivity (Wildman–Crippen MR) is 95.5 cm³/mol. The summed E-state index contributed by atoms with van der Waals surface area (Å²) in [4.78, 5) is 16.3. The molecule has 0 aliphatic carbocycles. The molecule has 2 N–H and O–H groups in total. The van der Waals surface area contributed by atoms with Gasteiger partial charge in [0.2, 0.25) is 5.91 Å². The lowest BCUT2D eigenvalue weighted by Crippen LogP contribution is -2.14. The maximum absolute atomic E-state index is 13.1. The molecule has 128 valence electrons. The lowest BCUT2D eigenvalue weighted by Gasteiger charge is -2.05. The van der Waals surface area contributed by atoms with Crippen molar-refractivity contribution < 1.29 is 13.6 Å². The van der Waals surface area contributed by atoms with Gasteiger partial charge in [0.1, 0.15) is 11.6 Å². The van der Waals surface area contributed by atoms with Gasteiger partial charge in [0.05, 0.1) is 17.1 Å². The van der Waals surface area contributed by atoms with Crippen molar-refractivity contribution in [2.45, 2.75) is 6.42 Å². The number of hydrogen-bond acceptors (Lipinski definition) is 4. The Labute approximate surface area is 151 Å². The number of hydrogen-bond donors (Lipinski definition) is 2. The SMILES string of the molecule is O=C(Cc1csc(Nc2ccc(F)cc2)n1)Nc1ccc(F)c(Cl)c1. The van der Waals surface area contributed by atoms with E-state index >= 15 is 0 Å². The highest BCUT2D eigenvalue weighted by atomic mass is 35.5.